The number of thiophene rings is 1. The van der Waals surface area contributed by atoms with Crippen molar-refractivity contribution in [3.05, 3.63) is 191 Å². The van der Waals surface area contributed by atoms with Crippen LogP contribution in [0.5, 0.6) is 0 Å². The summed E-state index contributed by atoms with van der Waals surface area (Å²) in [6.45, 7) is 0. The number of fused-ring (bicyclic) bond motifs is 11. The Morgan fingerprint density at radius 2 is 1.03 bits per heavy atom. The number of benzene rings is 7. The summed E-state index contributed by atoms with van der Waals surface area (Å²) in [5.41, 5.74) is 19.6. The van der Waals surface area contributed by atoms with Gasteiger partial charge in [-0.2, -0.15) is 0 Å². The van der Waals surface area contributed by atoms with E-state index in [1.54, 1.807) is 5.57 Å². The Bertz CT molecular complexity index is 3480. The Kier molecular flexibility index (Phi) is 6.93. The molecule has 3 heteroatoms. The van der Waals surface area contributed by atoms with Crippen LogP contribution >= 0.6 is 11.3 Å². The number of nitrogens with zero attached hydrogens (tertiary/aromatic N) is 2. The lowest BCUT2D eigenvalue weighted by atomic mass is 9.95. The van der Waals surface area contributed by atoms with Gasteiger partial charge in [0.25, 0.3) is 0 Å². The van der Waals surface area contributed by atoms with Crippen molar-refractivity contribution in [1.82, 2.24) is 9.13 Å². The lowest BCUT2D eigenvalue weighted by Crippen LogP contribution is -1.98. The molecule has 13 rings (SSSR count). The van der Waals surface area contributed by atoms with Gasteiger partial charge in [-0.05, 0) is 149 Å². The molecule has 3 aromatic heterocycles. The number of aryl methyl sites for hydroxylation is 1. The van der Waals surface area contributed by atoms with E-state index >= 15 is 0 Å². The van der Waals surface area contributed by atoms with Gasteiger partial charge in [0.1, 0.15) is 0 Å². The first-order valence-corrected chi connectivity index (χ1v) is 21.5. The number of aromatic nitrogens is 2. The second kappa shape index (κ2) is 12.4. The predicted octanol–water partition coefficient (Wildman–Crippen LogP) is 15.0. The van der Waals surface area contributed by atoms with E-state index in [1.165, 1.54) is 110 Å². The normalized spacial score (nSPS) is 14.7. The van der Waals surface area contributed by atoms with Gasteiger partial charge in [0.2, 0.25) is 0 Å². The molecule has 274 valence electrons. The second-order valence-electron chi connectivity index (χ2n) is 16.3. The first-order valence-electron chi connectivity index (χ1n) is 20.7. The largest absolute Gasteiger partial charge is 0.309 e. The SMILES string of the molecule is C1=CC2=C(CC1)Cc1ccc(-c3ccc4c(c3)c3ccccc3n4-c3cccc(-n4c5ccccc5c5cc(-c6ccc7sc8c(c7c6)C=CCC8)ccc54)c3)cc12. The molecule has 58 heavy (non-hydrogen) atoms. The molecule has 0 N–H and O–H groups in total. The van der Waals surface area contributed by atoms with Crippen molar-refractivity contribution < 1.29 is 0 Å². The molecular formula is C55H38N2S. The highest BCUT2D eigenvalue weighted by Crippen LogP contribution is 2.43. The van der Waals surface area contributed by atoms with Gasteiger partial charge in [-0.3, -0.25) is 0 Å². The minimum absolute atomic E-state index is 1.10. The molecule has 0 unspecified atom stereocenters. The fraction of sp³-hybridized carbons (Fsp3) is 0.0909. The van der Waals surface area contributed by atoms with Crippen LogP contribution < -0.4 is 0 Å². The van der Waals surface area contributed by atoms with Gasteiger partial charge in [-0.25, -0.2) is 0 Å². The van der Waals surface area contributed by atoms with Crippen LogP contribution in [0.25, 0.3) is 99.0 Å². The Labute approximate surface area is 340 Å². The Hall–Kier alpha value is -6.68. The highest BCUT2D eigenvalue weighted by atomic mass is 32.1. The fourth-order valence-corrected chi connectivity index (χ4v) is 11.5. The summed E-state index contributed by atoms with van der Waals surface area (Å²) >= 11 is 1.96. The monoisotopic (exact) mass is 758 g/mol. The van der Waals surface area contributed by atoms with Crippen LogP contribution in [0.2, 0.25) is 0 Å². The molecule has 3 heterocycles. The van der Waals surface area contributed by atoms with E-state index in [0.29, 0.717) is 0 Å². The zero-order valence-electron chi connectivity index (χ0n) is 32.0. The van der Waals surface area contributed by atoms with E-state index in [-0.39, 0.29) is 0 Å². The van der Waals surface area contributed by atoms with E-state index in [1.807, 2.05) is 11.3 Å². The first kappa shape index (κ1) is 32.4. The molecule has 7 aromatic carbocycles. The Morgan fingerprint density at radius 3 is 1.76 bits per heavy atom. The third kappa shape index (κ3) is 4.77. The van der Waals surface area contributed by atoms with E-state index in [4.69, 9.17) is 0 Å². The standard InChI is InChI=1S/C55H38N2S/c1-2-13-42-38(10-1)28-39-21-20-34(29-46(39)42)35-22-25-52-47(30-35)43-14-3-6-17-50(43)56(52)40-11-9-12-41(33-40)57-51-18-7-4-15-44(51)48-31-36(23-26-53(48)57)37-24-27-55-49(32-37)45-16-5-8-19-54(45)58-55/h2-7,9,11-18,20-27,29-33H,1,8,10,19,28H2. The predicted molar refractivity (Wildman–Crippen MR) is 248 cm³/mol. The van der Waals surface area contributed by atoms with Crippen LogP contribution in [0.1, 0.15) is 40.8 Å². The quantitative estimate of drug-likeness (QED) is 0.169. The summed E-state index contributed by atoms with van der Waals surface area (Å²) < 4.78 is 6.28. The Balaban J connectivity index is 0.934. The van der Waals surface area contributed by atoms with Crippen molar-refractivity contribution in [2.45, 2.75) is 32.1 Å². The van der Waals surface area contributed by atoms with Crippen LogP contribution in [0, 0.1) is 0 Å². The summed E-state index contributed by atoms with van der Waals surface area (Å²) in [5.74, 6) is 0. The maximum absolute atomic E-state index is 2.45. The van der Waals surface area contributed by atoms with Gasteiger partial charge >= 0.3 is 0 Å². The number of allylic oxidation sites excluding steroid dienone is 5. The average Bonchev–Trinajstić information content (AvgIpc) is 4.03. The van der Waals surface area contributed by atoms with Crippen molar-refractivity contribution in [3.63, 3.8) is 0 Å². The lowest BCUT2D eigenvalue weighted by molar-refractivity contribution is 0.935. The number of hydrogen-bond donors (Lipinski definition) is 0. The lowest BCUT2D eigenvalue weighted by Gasteiger charge is -2.13. The smallest absolute Gasteiger partial charge is 0.0541 e. The summed E-state index contributed by atoms with van der Waals surface area (Å²) in [6, 6.07) is 55.1. The van der Waals surface area contributed by atoms with Crippen LogP contribution in [0.4, 0.5) is 0 Å². The number of rotatable bonds is 4. The van der Waals surface area contributed by atoms with E-state index in [9.17, 15) is 0 Å². The summed E-state index contributed by atoms with van der Waals surface area (Å²) in [7, 11) is 0. The highest BCUT2D eigenvalue weighted by molar-refractivity contribution is 7.19. The molecule has 0 bridgehead atoms. The maximum Gasteiger partial charge on any atom is 0.0541 e. The van der Waals surface area contributed by atoms with Crippen LogP contribution in [0.3, 0.4) is 0 Å². The van der Waals surface area contributed by atoms with Crippen molar-refractivity contribution in [2.24, 2.45) is 0 Å². The van der Waals surface area contributed by atoms with Gasteiger partial charge in [0.15, 0.2) is 0 Å². The second-order valence-corrected chi connectivity index (χ2v) is 17.4. The van der Waals surface area contributed by atoms with Crippen molar-refractivity contribution >= 4 is 76.7 Å². The zero-order chi connectivity index (χ0) is 37.9. The molecule has 2 nitrogen and oxygen atoms in total. The Morgan fingerprint density at radius 1 is 0.448 bits per heavy atom. The van der Waals surface area contributed by atoms with E-state index in [0.717, 1.165) is 37.1 Å². The topological polar surface area (TPSA) is 9.86 Å². The van der Waals surface area contributed by atoms with Crippen LogP contribution in [-0.4, -0.2) is 9.13 Å². The maximum atomic E-state index is 2.45. The third-order valence-corrected chi connectivity index (χ3v) is 14.3. The van der Waals surface area contributed by atoms with Gasteiger partial charge in [-0.15, -0.1) is 11.3 Å². The van der Waals surface area contributed by atoms with Crippen molar-refractivity contribution in [3.8, 4) is 33.6 Å². The van der Waals surface area contributed by atoms with E-state index in [2.05, 4.69) is 179 Å². The molecule has 0 spiro atoms. The van der Waals surface area contributed by atoms with Crippen molar-refractivity contribution in [2.75, 3.05) is 0 Å². The van der Waals surface area contributed by atoms with Crippen LogP contribution in [0.15, 0.2) is 169 Å². The van der Waals surface area contributed by atoms with E-state index < -0.39 is 0 Å². The molecule has 3 aliphatic carbocycles. The summed E-state index contributed by atoms with van der Waals surface area (Å²) in [4.78, 5) is 1.52. The first-order chi connectivity index (χ1) is 28.7. The van der Waals surface area contributed by atoms with Gasteiger partial charge in [0, 0.05) is 47.9 Å². The molecule has 0 saturated heterocycles. The molecular weight excluding hydrogens is 721 g/mol. The highest BCUT2D eigenvalue weighted by Gasteiger charge is 2.23. The summed E-state index contributed by atoms with van der Waals surface area (Å²) in [6.07, 6.45) is 15.1. The molecule has 10 aromatic rings. The van der Waals surface area contributed by atoms with Crippen LogP contribution in [-0.2, 0) is 12.8 Å². The molecule has 0 amide bonds. The summed E-state index contributed by atoms with van der Waals surface area (Å²) in [5, 5.41) is 6.47. The van der Waals surface area contributed by atoms with Crippen molar-refractivity contribution in [1.29, 1.82) is 0 Å². The molecule has 0 atom stereocenters. The molecule has 3 aliphatic rings. The molecule has 0 radical (unpaired) electrons. The minimum atomic E-state index is 1.10. The van der Waals surface area contributed by atoms with Gasteiger partial charge < -0.3 is 9.13 Å². The molecule has 0 aliphatic heterocycles. The third-order valence-electron chi connectivity index (χ3n) is 13.1. The fourth-order valence-electron chi connectivity index (χ4n) is 10.3. The van der Waals surface area contributed by atoms with Gasteiger partial charge in [-0.1, -0.05) is 103 Å². The molecule has 0 fully saturated rings. The zero-order valence-corrected chi connectivity index (χ0v) is 32.8. The minimum Gasteiger partial charge on any atom is -0.309 e. The number of para-hydroxylation sites is 2. The number of hydrogen-bond acceptors (Lipinski definition) is 1. The average molecular weight is 759 g/mol. The van der Waals surface area contributed by atoms with Gasteiger partial charge in [0.05, 0.1) is 22.1 Å². The molecule has 0 saturated carbocycles.